The molecule has 59 heavy (non-hydrogen) atoms. The van der Waals surface area contributed by atoms with Crippen molar-refractivity contribution in [1.29, 1.82) is 0 Å². The van der Waals surface area contributed by atoms with Gasteiger partial charge in [-0.2, -0.15) is 0 Å². The van der Waals surface area contributed by atoms with Gasteiger partial charge >= 0.3 is 0 Å². The lowest BCUT2D eigenvalue weighted by molar-refractivity contribution is -0.171. The Labute approximate surface area is 354 Å². The monoisotopic (exact) mass is 803 g/mol. The molecule has 8 bridgehead atoms. The van der Waals surface area contributed by atoms with Gasteiger partial charge in [-0.25, -0.2) is 0 Å². The Morgan fingerprint density at radius 1 is 0.644 bits per heavy atom. The number of β-amino-alcohol motifs (C(OH)–C–C–N with tert-alkyl or cyclic N) is 1. The number of nitrogens with one attached hydrogen (secondary N) is 4. The van der Waals surface area contributed by atoms with Crippen LogP contribution in [-0.4, -0.2) is 61.3 Å². The molecule has 2 aromatic rings. The molecule has 8 aliphatic carbocycles. The van der Waals surface area contributed by atoms with E-state index in [0.717, 1.165) is 103 Å². The van der Waals surface area contributed by atoms with Crippen LogP contribution in [0.5, 0.6) is 0 Å². The summed E-state index contributed by atoms with van der Waals surface area (Å²) in [4.78, 5) is 29.9. The van der Waals surface area contributed by atoms with Crippen LogP contribution in [-0.2, 0) is 25.8 Å². The lowest BCUT2D eigenvalue weighted by Gasteiger charge is -2.71. The maximum absolute atomic E-state index is 15.1. The molecule has 5 unspecified atom stereocenters. The fraction of sp³-hybridized carbons (Fsp3) is 0.731. The van der Waals surface area contributed by atoms with Gasteiger partial charge in [-0.1, -0.05) is 95.1 Å². The number of hydrogen-bond donors (Lipinski definition) is 5. The van der Waals surface area contributed by atoms with Crippen molar-refractivity contribution in [2.75, 3.05) is 26.2 Å². The molecule has 10 fully saturated rings. The van der Waals surface area contributed by atoms with Crippen LogP contribution in [0.1, 0.15) is 160 Å². The Kier molecular flexibility index (Phi) is 9.67. The summed E-state index contributed by atoms with van der Waals surface area (Å²) in [7, 11) is 0. The molecule has 2 aromatic carbocycles. The summed E-state index contributed by atoms with van der Waals surface area (Å²) in [5.74, 6) is 1.14. The number of piperidine rings is 2. The van der Waals surface area contributed by atoms with Gasteiger partial charge in [0, 0.05) is 19.1 Å². The molecule has 2 heterocycles. The van der Waals surface area contributed by atoms with Crippen molar-refractivity contribution in [2.24, 2.45) is 33.0 Å². The molecule has 11 atom stereocenters. The minimum absolute atomic E-state index is 0.0288. The van der Waals surface area contributed by atoms with Crippen LogP contribution in [0, 0.1) is 33.0 Å². The Bertz CT molecular complexity index is 1930. The number of benzene rings is 2. The van der Waals surface area contributed by atoms with E-state index in [-0.39, 0.29) is 55.9 Å². The maximum Gasteiger partial charge on any atom is 0.226 e. The predicted molar refractivity (Wildman–Crippen MR) is 235 cm³/mol. The highest BCUT2D eigenvalue weighted by Crippen LogP contribution is 2.76. The van der Waals surface area contributed by atoms with Crippen LogP contribution in [0.3, 0.4) is 0 Å². The maximum atomic E-state index is 15.1. The van der Waals surface area contributed by atoms with E-state index in [2.05, 4.69) is 104 Å². The fourth-order valence-corrected chi connectivity index (χ4v) is 17.6. The van der Waals surface area contributed by atoms with Gasteiger partial charge in [0.2, 0.25) is 11.8 Å². The number of rotatable bonds is 11. The van der Waals surface area contributed by atoms with Crippen LogP contribution in [0.25, 0.3) is 0 Å². The van der Waals surface area contributed by atoms with E-state index < -0.39 is 11.5 Å². The second-order valence-corrected chi connectivity index (χ2v) is 23.5. The number of carbonyl (C=O) groups is 2. The predicted octanol–water partition coefficient (Wildman–Crippen LogP) is 8.37. The van der Waals surface area contributed by atoms with E-state index in [4.69, 9.17) is 0 Å². The van der Waals surface area contributed by atoms with Crippen molar-refractivity contribution in [3.05, 3.63) is 71.3 Å². The van der Waals surface area contributed by atoms with Crippen molar-refractivity contribution in [2.45, 2.75) is 178 Å². The largest absolute Gasteiger partial charge is 0.390 e. The second-order valence-electron chi connectivity index (χ2n) is 23.5. The minimum Gasteiger partial charge on any atom is -0.390 e. The Morgan fingerprint density at radius 2 is 1.24 bits per heavy atom. The summed E-state index contributed by atoms with van der Waals surface area (Å²) < 4.78 is 0. The first-order valence-electron chi connectivity index (χ1n) is 24.1. The van der Waals surface area contributed by atoms with E-state index in [1.54, 1.807) is 0 Å². The molecule has 2 amide bonds. The van der Waals surface area contributed by atoms with E-state index in [9.17, 15) is 9.90 Å². The Morgan fingerprint density at radius 3 is 1.92 bits per heavy atom. The van der Waals surface area contributed by atoms with Gasteiger partial charge in [-0.15, -0.1) is 0 Å². The third-order valence-corrected chi connectivity index (χ3v) is 18.6. The van der Waals surface area contributed by atoms with E-state index >= 15 is 4.79 Å². The van der Waals surface area contributed by atoms with Crippen LogP contribution in [0.15, 0.2) is 54.6 Å². The molecule has 8 saturated carbocycles. The zero-order valence-corrected chi connectivity index (χ0v) is 36.8. The molecule has 0 spiro atoms. The molecular weight excluding hydrogens is 729 g/mol. The average Bonchev–Trinajstić information content (AvgIpc) is 3.19. The zero-order valence-electron chi connectivity index (χ0n) is 36.8. The number of amides is 2. The summed E-state index contributed by atoms with van der Waals surface area (Å²) in [6.07, 6.45) is 18.8. The lowest BCUT2D eigenvalue weighted by atomic mass is 9.33. The molecule has 2 aliphatic heterocycles. The molecular formula is C52H74N4O3. The van der Waals surface area contributed by atoms with Crippen LogP contribution >= 0.6 is 0 Å². The van der Waals surface area contributed by atoms with Gasteiger partial charge < -0.3 is 26.4 Å². The van der Waals surface area contributed by atoms with Gasteiger partial charge in [-0.05, 0) is 171 Å². The molecule has 320 valence electrons. The first-order chi connectivity index (χ1) is 28.2. The fourth-order valence-electron chi connectivity index (χ4n) is 17.6. The number of aliphatic hydroxyl groups is 1. The molecule has 5 N–H and O–H groups in total. The lowest BCUT2D eigenvalue weighted by Crippen LogP contribution is -2.68. The Hall–Kier alpha value is -2.74. The van der Waals surface area contributed by atoms with Crippen molar-refractivity contribution >= 4 is 11.8 Å². The summed E-state index contributed by atoms with van der Waals surface area (Å²) >= 11 is 0. The van der Waals surface area contributed by atoms with Crippen molar-refractivity contribution in [1.82, 2.24) is 21.3 Å². The summed E-state index contributed by atoms with van der Waals surface area (Å²) in [5.41, 5.74) is 3.78. The first kappa shape index (κ1) is 40.3. The zero-order chi connectivity index (χ0) is 40.9. The highest BCUT2D eigenvalue weighted by molar-refractivity contribution is 5.85. The standard InChI is InChI=1S/C52H74N4O3/c1-5-18-46-22-36-23-48(26-46,31-49(24-36,27-46)43(58)56-42-17-21-54-35-45(42,3)4)38-12-14-39(15-13-38)51-29-47(19-6-2)28-50(32-51,37-10-8-7-9-11-37)33-52(30-47,34-51)44(59)55-40-16-20-53-25-41(40)57/h7-15,36,40-42,53-54,57H,5-6,16-35H2,1-4H3,(H,55,59)(H,56,58)/t36?,40-,41-,42?,46-,47+,48-,49?,50+,51?,52?/m1/s1. The van der Waals surface area contributed by atoms with E-state index in [0.29, 0.717) is 18.4 Å². The SMILES string of the molecule is CCC[C@]12CC3CC(C(=O)NC4CCNCC4(C)C)(C1)C[C@@](c1ccc(C45CC6(C(=O)N[C@@H]7CCNC[C@H]7O)C[C@](CCC)(C4)C[C@@](c4ccccc4)(C6)C5)cc1)(C3)C2. The summed E-state index contributed by atoms with van der Waals surface area (Å²) in [6.45, 7) is 12.6. The molecule has 12 rings (SSSR count). The topological polar surface area (TPSA) is 102 Å². The number of aliphatic hydroxyl groups excluding tert-OH is 1. The molecule has 0 radical (unpaired) electrons. The summed E-state index contributed by atoms with van der Waals surface area (Å²) in [6, 6.07) is 21.3. The highest BCUT2D eigenvalue weighted by Gasteiger charge is 2.71. The van der Waals surface area contributed by atoms with Gasteiger partial charge in [0.05, 0.1) is 23.0 Å². The van der Waals surface area contributed by atoms with Crippen LogP contribution in [0.2, 0.25) is 0 Å². The molecule has 2 saturated heterocycles. The minimum atomic E-state index is -0.557. The van der Waals surface area contributed by atoms with Gasteiger partial charge in [0.25, 0.3) is 0 Å². The Balaban J connectivity index is 1.01. The summed E-state index contributed by atoms with van der Waals surface area (Å²) in [5, 5.41) is 25.1. The molecule has 7 nitrogen and oxygen atoms in total. The van der Waals surface area contributed by atoms with E-state index in [1.807, 2.05) is 0 Å². The van der Waals surface area contributed by atoms with Gasteiger partial charge in [0.1, 0.15) is 0 Å². The van der Waals surface area contributed by atoms with Crippen molar-refractivity contribution < 1.29 is 14.7 Å². The normalized spacial score (nSPS) is 44.0. The van der Waals surface area contributed by atoms with E-state index in [1.165, 1.54) is 48.8 Å². The smallest absolute Gasteiger partial charge is 0.226 e. The van der Waals surface area contributed by atoms with Crippen LogP contribution < -0.4 is 21.3 Å². The first-order valence-corrected chi connectivity index (χ1v) is 24.1. The van der Waals surface area contributed by atoms with Gasteiger partial charge in [-0.3, -0.25) is 9.59 Å². The second kappa shape index (κ2) is 14.1. The van der Waals surface area contributed by atoms with Crippen molar-refractivity contribution in [3.8, 4) is 0 Å². The highest BCUT2D eigenvalue weighted by atomic mass is 16.3. The third kappa shape index (κ3) is 6.50. The third-order valence-electron chi connectivity index (χ3n) is 18.6. The quantitative estimate of drug-likeness (QED) is 0.157. The average molecular weight is 803 g/mol. The number of carbonyl (C=O) groups excluding carboxylic acids is 2. The van der Waals surface area contributed by atoms with Gasteiger partial charge in [0.15, 0.2) is 0 Å². The number of hydrogen-bond acceptors (Lipinski definition) is 5. The van der Waals surface area contributed by atoms with Crippen LogP contribution in [0.4, 0.5) is 0 Å². The molecule has 10 aliphatic rings. The van der Waals surface area contributed by atoms with Crippen molar-refractivity contribution in [3.63, 3.8) is 0 Å². The molecule has 7 heteroatoms. The molecule has 0 aromatic heterocycles.